The highest BCUT2D eigenvalue weighted by atomic mass is 19.1. The van der Waals surface area contributed by atoms with Crippen molar-refractivity contribution < 1.29 is 28.6 Å². The third kappa shape index (κ3) is 6.35. The SMILES string of the molecule is CC(C)(C)OC(=O)N[C@@H](c1ccccc1F)[C@@H](O)C(=O)OCc1ccccc1. The third-order valence-corrected chi connectivity index (χ3v) is 3.69. The molecule has 2 N–H and O–H groups in total. The fourth-order valence-electron chi connectivity index (χ4n) is 2.44. The fourth-order valence-corrected chi connectivity index (χ4v) is 2.44. The lowest BCUT2D eigenvalue weighted by atomic mass is 10.0. The quantitative estimate of drug-likeness (QED) is 0.739. The minimum atomic E-state index is -1.83. The van der Waals surface area contributed by atoms with Crippen molar-refractivity contribution in [3.8, 4) is 0 Å². The Morgan fingerprint density at radius 1 is 1.07 bits per heavy atom. The van der Waals surface area contributed by atoms with Crippen LogP contribution < -0.4 is 5.32 Å². The van der Waals surface area contributed by atoms with Crippen LogP contribution in [0.1, 0.15) is 37.9 Å². The molecule has 1 amide bonds. The number of carbonyl (C=O) groups is 2. The zero-order valence-corrected chi connectivity index (χ0v) is 16.0. The predicted molar refractivity (Wildman–Crippen MR) is 101 cm³/mol. The molecule has 0 bridgehead atoms. The van der Waals surface area contributed by atoms with E-state index in [0.717, 1.165) is 5.56 Å². The number of halogens is 1. The van der Waals surface area contributed by atoms with Gasteiger partial charge in [-0.3, -0.25) is 0 Å². The Morgan fingerprint density at radius 3 is 2.29 bits per heavy atom. The van der Waals surface area contributed by atoms with Gasteiger partial charge in [0.15, 0.2) is 6.10 Å². The molecule has 0 aliphatic carbocycles. The second-order valence-electron chi connectivity index (χ2n) is 7.18. The maximum Gasteiger partial charge on any atom is 0.408 e. The molecule has 0 radical (unpaired) electrons. The van der Waals surface area contributed by atoms with Crippen LogP contribution in [0.3, 0.4) is 0 Å². The highest BCUT2D eigenvalue weighted by Gasteiger charge is 2.33. The molecule has 2 aromatic carbocycles. The highest BCUT2D eigenvalue weighted by Crippen LogP contribution is 2.22. The number of carbonyl (C=O) groups excluding carboxylic acids is 2. The molecule has 28 heavy (non-hydrogen) atoms. The molecule has 2 aromatic rings. The number of aliphatic hydroxyl groups excluding tert-OH is 1. The Bertz CT molecular complexity index is 804. The van der Waals surface area contributed by atoms with Crippen molar-refractivity contribution in [1.29, 1.82) is 0 Å². The average Bonchev–Trinajstić information content (AvgIpc) is 2.63. The van der Waals surface area contributed by atoms with E-state index in [2.05, 4.69) is 5.32 Å². The van der Waals surface area contributed by atoms with Crippen molar-refractivity contribution in [1.82, 2.24) is 5.32 Å². The summed E-state index contributed by atoms with van der Waals surface area (Å²) >= 11 is 0. The van der Waals surface area contributed by atoms with Gasteiger partial charge in [0.25, 0.3) is 0 Å². The van der Waals surface area contributed by atoms with Gasteiger partial charge in [-0.25, -0.2) is 14.0 Å². The number of alkyl carbamates (subject to hydrolysis) is 1. The van der Waals surface area contributed by atoms with Crippen molar-refractivity contribution in [3.63, 3.8) is 0 Å². The number of rotatable bonds is 6. The first-order valence-corrected chi connectivity index (χ1v) is 8.80. The second kappa shape index (κ2) is 9.32. The van der Waals surface area contributed by atoms with Gasteiger partial charge in [-0.05, 0) is 32.4 Å². The summed E-state index contributed by atoms with van der Waals surface area (Å²) in [5.74, 6) is -1.67. The molecular weight excluding hydrogens is 365 g/mol. The molecule has 6 nitrogen and oxygen atoms in total. The van der Waals surface area contributed by atoms with Gasteiger partial charge in [0, 0.05) is 5.56 Å². The number of esters is 1. The van der Waals surface area contributed by atoms with Crippen LogP contribution in [0.25, 0.3) is 0 Å². The number of aliphatic hydroxyl groups is 1. The number of hydrogen-bond acceptors (Lipinski definition) is 5. The zero-order chi connectivity index (χ0) is 20.7. The summed E-state index contributed by atoms with van der Waals surface area (Å²) in [6, 6.07) is 13.1. The van der Waals surface area contributed by atoms with Crippen molar-refractivity contribution in [2.45, 2.75) is 45.1 Å². The van der Waals surface area contributed by atoms with Gasteiger partial charge < -0.3 is 19.9 Å². The molecule has 0 heterocycles. The molecular formula is C21H24FNO5. The molecule has 0 spiro atoms. The molecule has 0 saturated carbocycles. The Hall–Kier alpha value is -2.93. The summed E-state index contributed by atoms with van der Waals surface area (Å²) in [7, 11) is 0. The first-order chi connectivity index (χ1) is 13.2. The van der Waals surface area contributed by atoms with E-state index in [4.69, 9.17) is 9.47 Å². The van der Waals surface area contributed by atoms with Crippen LogP contribution in [0.5, 0.6) is 0 Å². The molecule has 2 atom stereocenters. The van der Waals surface area contributed by atoms with E-state index >= 15 is 0 Å². The highest BCUT2D eigenvalue weighted by molar-refractivity contribution is 5.77. The van der Waals surface area contributed by atoms with E-state index in [-0.39, 0.29) is 12.2 Å². The molecule has 7 heteroatoms. The molecule has 0 aliphatic rings. The molecule has 150 valence electrons. The third-order valence-electron chi connectivity index (χ3n) is 3.69. The minimum absolute atomic E-state index is 0.0579. The topological polar surface area (TPSA) is 84.9 Å². The van der Waals surface area contributed by atoms with Gasteiger partial charge in [0.05, 0.1) is 6.04 Å². The Kier molecular flexibility index (Phi) is 7.12. The largest absolute Gasteiger partial charge is 0.459 e. The minimum Gasteiger partial charge on any atom is -0.459 e. The first kappa shape index (κ1) is 21.4. The Morgan fingerprint density at radius 2 is 1.68 bits per heavy atom. The van der Waals surface area contributed by atoms with Crippen LogP contribution in [-0.2, 0) is 20.9 Å². The van der Waals surface area contributed by atoms with Crippen molar-refractivity contribution >= 4 is 12.1 Å². The number of nitrogens with one attached hydrogen (secondary N) is 1. The molecule has 0 aromatic heterocycles. The van der Waals surface area contributed by atoms with Gasteiger partial charge >= 0.3 is 12.1 Å². The zero-order valence-electron chi connectivity index (χ0n) is 16.0. The summed E-state index contributed by atoms with van der Waals surface area (Å²) in [6.07, 6.45) is -2.72. The number of ether oxygens (including phenoxy) is 2. The summed E-state index contributed by atoms with van der Waals surface area (Å²) in [4.78, 5) is 24.5. The summed E-state index contributed by atoms with van der Waals surface area (Å²) in [5, 5.41) is 12.8. The second-order valence-corrected chi connectivity index (χ2v) is 7.18. The van der Waals surface area contributed by atoms with E-state index in [1.807, 2.05) is 6.07 Å². The number of hydrogen-bond donors (Lipinski definition) is 2. The molecule has 2 rings (SSSR count). The van der Waals surface area contributed by atoms with Crippen molar-refractivity contribution in [3.05, 3.63) is 71.5 Å². The van der Waals surface area contributed by atoms with Crippen LogP contribution in [0.4, 0.5) is 9.18 Å². The standard InChI is InChI=1S/C21H24FNO5/c1-21(2,3)28-20(26)23-17(15-11-7-8-12-16(15)22)18(24)19(25)27-13-14-9-5-4-6-10-14/h4-12,17-18,24H,13H2,1-3H3,(H,23,26)/t17-,18+/m0/s1. The molecule has 0 aliphatic heterocycles. The number of benzene rings is 2. The molecule has 0 saturated heterocycles. The van der Waals surface area contributed by atoms with Crippen LogP contribution in [0.2, 0.25) is 0 Å². The van der Waals surface area contributed by atoms with E-state index < -0.39 is 35.6 Å². The van der Waals surface area contributed by atoms with Crippen LogP contribution in [-0.4, -0.2) is 28.9 Å². The van der Waals surface area contributed by atoms with Gasteiger partial charge in [-0.2, -0.15) is 0 Å². The lowest BCUT2D eigenvalue weighted by Crippen LogP contribution is -2.43. The van der Waals surface area contributed by atoms with Gasteiger partial charge in [-0.15, -0.1) is 0 Å². The summed E-state index contributed by atoms with van der Waals surface area (Å²) in [5.41, 5.74) is -0.133. The first-order valence-electron chi connectivity index (χ1n) is 8.80. The van der Waals surface area contributed by atoms with Gasteiger partial charge in [0.1, 0.15) is 18.0 Å². The lowest BCUT2D eigenvalue weighted by Gasteiger charge is -2.26. The smallest absolute Gasteiger partial charge is 0.408 e. The van der Waals surface area contributed by atoms with Crippen LogP contribution >= 0.6 is 0 Å². The van der Waals surface area contributed by atoms with Crippen molar-refractivity contribution in [2.75, 3.05) is 0 Å². The normalized spacial score (nSPS) is 13.3. The average molecular weight is 389 g/mol. The summed E-state index contributed by atoms with van der Waals surface area (Å²) in [6.45, 7) is 4.92. The number of amides is 1. The van der Waals surface area contributed by atoms with E-state index in [1.54, 1.807) is 45.0 Å². The van der Waals surface area contributed by atoms with E-state index in [1.165, 1.54) is 24.3 Å². The van der Waals surface area contributed by atoms with Crippen molar-refractivity contribution in [2.24, 2.45) is 0 Å². The predicted octanol–water partition coefficient (Wildman–Crippen LogP) is 3.50. The van der Waals surface area contributed by atoms with E-state index in [9.17, 15) is 19.1 Å². The van der Waals surface area contributed by atoms with Crippen LogP contribution in [0.15, 0.2) is 54.6 Å². The Labute approximate surface area is 163 Å². The maximum atomic E-state index is 14.2. The van der Waals surface area contributed by atoms with E-state index in [0.29, 0.717) is 0 Å². The van der Waals surface area contributed by atoms with Gasteiger partial charge in [0.2, 0.25) is 0 Å². The lowest BCUT2D eigenvalue weighted by molar-refractivity contribution is -0.156. The molecule has 0 unspecified atom stereocenters. The van der Waals surface area contributed by atoms with Crippen LogP contribution in [0, 0.1) is 5.82 Å². The summed E-state index contributed by atoms with van der Waals surface area (Å²) < 4.78 is 24.5. The fraction of sp³-hybridized carbons (Fsp3) is 0.333. The maximum absolute atomic E-state index is 14.2. The molecule has 0 fully saturated rings. The van der Waals surface area contributed by atoms with Gasteiger partial charge in [-0.1, -0.05) is 48.5 Å². The monoisotopic (exact) mass is 389 g/mol. The Balaban J connectivity index is 2.16.